The van der Waals surface area contributed by atoms with Gasteiger partial charge in [0.2, 0.25) is 11.8 Å². The SMILES string of the molecule is NC(=O)C(CO)C(O)C1(C(O)C(N)=O)CC1. The van der Waals surface area contributed by atoms with Crippen molar-refractivity contribution in [1.82, 2.24) is 0 Å². The van der Waals surface area contributed by atoms with Crippen LogP contribution in [0.1, 0.15) is 12.8 Å². The van der Waals surface area contributed by atoms with E-state index in [1.807, 2.05) is 0 Å². The fraction of sp³-hybridized carbons (Fsp3) is 0.778. The van der Waals surface area contributed by atoms with Gasteiger partial charge in [-0.25, -0.2) is 0 Å². The normalized spacial score (nSPS) is 23.2. The molecule has 0 aromatic carbocycles. The van der Waals surface area contributed by atoms with E-state index in [0.29, 0.717) is 12.8 Å². The quantitative estimate of drug-likeness (QED) is 0.332. The maximum absolute atomic E-state index is 10.9. The van der Waals surface area contributed by atoms with Gasteiger partial charge in [-0.15, -0.1) is 0 Å². The fourth-order valence-corrected chi connectivity index (χ4v) is 1.90. The Labute approximate surface area is 92.0 Å². The Hall–Kier alpha value is -1.18. The molecule has 1 aliphatic carbocycles. The minimum atomic E-state index is -1.53. The Balaban J connectivity index is 2.83. The van der Waals surface area contributed by atoms with Crippen LogP contribution in [-0.2, 0) is 9.59 Å². The molecule has 0 aromatic heterocycles. The number of rotatable bonds is 6. The number of hydrogen-bond acceptors (Lipinski definition) is 5. The number of amides is 2. The Morgan fingerprint density at radius 2 is 1.69 bits per heavy atom. The highest BCUT2D eigenvalue weighted by atomic mass is 16.3. The zero-order valence-electron chi connectivity index (χ0n) is 8.67. The van der Waals surface area contributed by atoms with Crippen LogP contribution in [0.25, 0.3) is 0 Å². The minimum Gasteiger partial charge on any atom is -0.395 e. The third kappa shape index (κ3) is 2.01. The van der Waals surface area contributed by atoms with E-state index in [2.05, 4.69) is 0 Å². The molecule has 7 heteroatoms. The number of carbonyl (C=O) groups is 2. The molecule has 3 atom stereocenters. The summed E-state index contributed by atoms with van der Waals surface area (Å²) in [6.45, 7) is -0.635. The second-order valence-electron chi connectivity index (χ2n) is 4.17. The zero-order chi connectivity index (χ0) is 12.5. The van der Waals surface area contributed by atoms with Crippen LogP contribution in [0, 0.1) is 11.3 Å². The van der Waals surface area contributed by atoms with Crippen molar-refractivity contribution in [3.63, 3.8) is 0 Å². The summed E-state index contributed by atoms with van der Waals surface area (Å²) in [5.41, 5.74) is 8.80. The van der Waals surface area contributed by atoms with E-state index in [1.54, 1.807) is 0 Å². The Bertz CT molecular complexity index is 302. The molecule has 3 unspecified atom stereocenters. The van der Waals surface area contributed by atoms with E-state index < -0.39 is 42.0 Å². The molecule has 0 radical (unpaired) electrons. The molecule has 7 nitrogen and oxygen atoms in total. The predicted octanol–water partition coefficient (Wildman–Crippen LogP) is -2.93. The number of aliphatic hydroxyl groups is 3. The molecule has 2 amide bonds. The molecule has 1 aliphatic rings. The lowest BCUT2D eigenvalue weighted by Crippen LogP contribution is -2.49. The molecule has 92 valence electrons. The van der Waals surface area contributed by atoms with E-state index in [9.17, 15) is 19.8 Å². The molecule has 0 spiro atoms. The molecular formula is C9H16N2O5. The third-order valence-corrected chi connectivity index (χ3v) is 3.17. The van der Waals surface area contributed by atoms with Crippen molar-refractivity contribution in [3.05, 3.63) is 0 Å². The Morgan fingerprint density at radius 1 is 1.19 bits per heavy atom. The van der Waals surface area contributed by atoms with Crippen LogP contribution in [0.4, 0.5) is 0 Å². The van der Waals surface area contributed by atoms with Gasteiger partial charge in [-0.3, -0.25) is 9.59 Å². The second kappa shape index (κ2) is 4.36. The van der Waals surface area contributed by atoms with Gasteiger partial charge in [0, 0.05) is 5.41 Å². The van der Waals surface area contributed by atoms with E-state index in [-0.39, 0.29) is 0 Å². The highest BCUT2D eigenvalue weighted by Crippen LogP contribution is 2.53. The van der Waals surface area contributed by atoms with Gasteiger partial charge in [-0.05, 0) is 12.8 Å². The zero-order valence-corrected chi connectivity index (χ0v) is 8.67. The first kappa shape index (κ1) is 12.9. The number of primary amides is 2. The lowest BCUT2D eigenvalue weighted by molar-refractivity contribution is -0.141. The maximum Gasteiger partial charge on any atom is 0.246 e. The van der Waals surface area contributed by atoms with E-state index in [0.717, 1.165) is 0 Å². The lowest BCUT2D eigenvalue weighted by Gasteiger charge is -2.29. The molecule has 0 saturated heterocycles. The number of carbonyl (C=O) groups excluding carboxylic acids is 2. The van der Waals surface area contributed by atoms with Crippen molar-refractivity contribution >= 4 is 11.8 Å². The Kier molecular flexibility index (Phi) is 3.51. The number of nitrogens with two attached hydrogens (primary N) is 2. The predicted molar refractivity (Wildman–Crippen MR) is 52.6 cm³/mol. The second-order valence-corrected chi connectivity index (χ2v) is 4.17. The summed E-state index contributed by atoms with van der Waals surface area (Å²) in [7, 11) is 0. The highest BCUT2D eigenvalue weighted by molar-refractivity contribution is 5.81. The van der Waals surface area contributed by atoms with Crippen LogP contribution in [0.2, 0.25) is 0 Å². The van der Waals surface area contributed by atoms with Gasteiger partial charge in [0.1, 0.15) is 6.10 Å². The number of hydrogen-bond donors (Lipinski definition) is 5. The van der Waals surface area contributed by atoms with Gasteiger partial charge in [0.05, 0.1) is 18.6 Å². The molecule has 16 heavy (non-hydrogen) atoms. The van der Waals surface area contributed by atoms with Gasteiger partial charge in [0.15, 0.2) is 0 Å². The van der Waals surface area contributed by atoms with Crippen molar-refractivity contribution in [2.45, 2.75) is 25.0 Å². The first-order chi connectivity index (χ1) is 7.36. The molecule has 7 N–H and O–H groups in total. The average Bonchev–Trinajstić information content (AvgIpc) is 2.97. The standard InChI is InChI=1S/C9H16N2O5/c10-7(15)4(3-12)5(13)9(1-2-9)6(14)8(11)16/h4-6,12-14H,1-3H2,(H2,10,15)(H2,11,16). The van der Waals surface area contributed by atoms with Gasteiger partial charge in [0.25, 0.3) is 0 Å². The van der Waals surface area contributed by atoms with Crippen molar-refractivity contribution < 1.29 is 24.9 Å². The summed E-state index contributed by atoms with van der Waals surface area (Å²) in [5, 5.41) is 28.3. The first-order valence-corrected chi connectivity index (χ1v) is 4.92. The largest absolute Gasteiger partial charge is 0.395 e. The fourth-order valence-electron chi connectivity index (χ4n) is 1.90. The van der Waals surface area contributed by atoms with Crippen molar-refractivity contribution in [2.24, 2.45) is 22.8 Å². The van der Waals surface area contributed by atoms with Crippen molar-refractivity contribution in [1.29, 1.82) is 0 Å². The van der Waals surface area contributed by atoms with Crippen molar-refractivity contribution in [2.75, 3.05) is 6.61 Å². The summed E-state index contributed by atoms with van der Waals surface area (Å²) in [4.78, 5) is 21.8. The third-order valence-electron chi connectivity index (χ3n) is 3.17. The topological polar surface area (TPSA) is 147 Å². The molecule has 1 rings (SSSR count). The Morgan fingerprint density at radius 3 is 1.94 bits per heavy atom. The van der Waals surface area contributed by atoms with Crippen LogP contribution in [0.5, 0.6) is 0 Å². The van der Waals surface area contributed by atoms with E-state index in [4.69, 9.17) is 16.6 Å². The summed E-state index contributed by atoms with van der Waals surface area (Å²) in [6.07, 6.45) is -2.17. The van der Waals surface area contributed by atoms with Crippen LogP contribution in [0.15, 0.2) is 0 Å². The van der Waals surface area contributed by atoms with Gasteiger partial charge in [-0.2, -0.15) is 0 Å². The summed E-state index contributed by atoms with van der Waals surface area (Å²) in [6, 6.07) is 0. The molecule has 0 heterocycles. The maximum atomic E-state index is 10.9. The van der Waals surface area contributed by atoms with Crippen LogP contribution < -0.4 is 11.5 Å². The molecule has 0 aliphatic heterocycles. The summed E-state index contributed by atoms with van der Waals surface area (Å²) in [5.74, 6) is -3.04. The van der Waals surface area contributed by atoms with Crippen molar-refractivity contribution in [3.8, 4) is 0 Å². The van der Waals surface area contributed by atoms with Crippen LogP contribution in [0.3, 0.4) is 0 Å². The smallest absolute Gasteiger partial charge is 0.246 e. The molecule has 0 bridgehead atoms. The van der Waals surface area contributed by atoms with Gasteiger partial charge < -0.3 is 26.8 Å². The molecule has 1 fully saturated rings. The number of aliphatic hydroxyl groups excluding tert-OH is 3. The van der Waals surface area contributed by atoms with Gasteiger partial charge in [-0.1, -0.05) is 0 Å². The lowest BCUT2D eigenvalue weighted by atomic mass is 9.83. The van der Waals surface area contributed by atoms with E-state index in [1.165, 1.54) is 0 Å². The average molecular weight is 232 g/mol. The molecular weight excluding hydrogens is 216 g/mol. The molecule has 0 aromatic rings. The monoisotopic (exact) mass is 232 g/mol. The molecule has 1 saturated carbocycles. The minimum absolute atomic E-state index is 0.363. The summed E-state index contributed by atoms with van der Waals surface area (Å²) < 4.78 is 0. The van der Waals surface area contributed by atoms with Crippen LogP contribution >= 0.6 is 0 Å². The highest BCUT2D eigenvalue weighted by Gasteiger charge is 2.59. The van der Waals surface area contributed by atoms with E-state index >= 15 is 0 Å². The van der Waals surface area contributed by atoms with Gasteiger partial charge >= 0.3 is 0 Å². The first-order valence-electron chi connectivity index (χ1n) is 4.92. The summed E-state index contributed by atoms with van der Waals surface area (Å²) >= 11 is 0. The van der Waals surface area contributed by atoms with Crippen LogP contribution in [-0.4, -0.2) is 45.9 Å².